The van der Waals surface area contributed by atoms with E-state index in [0.717, 1.165) is 13.1 Å². The molecule has 1 aromatic rings. The number of nitrogens with one attached hydrogen (secondary N) is 1. The van der Waals surface area contributed by atoms with Gasteiger partial charge in [-0.05, 0) is 18.9 Å². The van der Waals surface area contributed by atoms with Crippen LogP contribution in [0, 0.1) is 5.41 Å². The van der Waals surface area contributed by atoms with Gasteiger partial charge in [-0.15, -0.1) is 0 Å². The molecule has 0 fully saturated rings. The largest absolute Gasteiger partial charge is 0.393 e. The number of aliphatic hydroxyl groups is 1. The van der Waals surface area contributed by atoms with Crippen LogP contribution in [0.1, 0.15) is 32.8 Å². The second-order valence-corrected chi connectivity index (χ2v) is 5.94. The van der Waals surface area contributed by atoms with Gasteiger partial charge in [-0.3, -0.25) is 0 Å². The summed E-state index contributed by atoms with van der Waals surface area (Å²) in [5.41, 5.74) is 1.40. The molecular formula is C16H27NO2. The zero-order valence-electron chi connectivity index (χ0n) is 12.4. The maximum absolute atomic E-state index is 9.16. The fraction of sp³-hybridized carbons (Fsp3) is 0.625. The molecule has 0 aliphatic heterocycles. The molecule has 3 heteroatoms. The van der Waals surface area contributed by atoms with E-state index in [1.807, 2.05) is 6.07 Å². The molecule has 0 saturated heterocycles. The molecule has 1 unspecified atom stereocenters. The Balaban J connectivity index is 2.16. The average Bonchev–Trinajstić information content (AvgIpc) is 2.36. The summed E-state index contributed by atoms with van der Waals surface area (Å²) in [5, 5.41) is 12.6. The van der Waals surface area contributed by atoms with Crippen LogP contribution in [0.3, 0.4) is 0 Å². The van der Waals surface area contributed by atoms with Crippen LogP contribution >= 0.6 is 0 Å². The smallest absolute Gasteiger partial charge is 0.0534 e. The highest BCUT2D eigenvalue weighted by atomic mass is 16.5. The van der Waals surface area contributed by atoms with Crippen molar-refractivity contribution in [3.63, 3.8) is 0 Å². The van der Waals surface area contributed by atoms with Crippen LogP contribution in [0.4, 0.5) is 0 Å². The number of hydrogen-bond donors (Lipinski definition) is 2. The van der Waals surface area contributed by atoms with Gasteiger partial charge >= 0.3 is 0 Å². The van der Waals surface area contributed by atoms with Gasteiger partial charge in [0.15, 0.2) is 0 Å². The van der Waals surface area contributed by atoms with Crippen molar-refractivity contribution in [1.82, 2.24) is 5.32 Å². The highest BCUT2D eigenvalue weighted by Gasteiger charge is 2.17. The highest BCUT2D eigenvalue weighted by Crippen LogP contribution is 2.14. The number of hydrogen-bond acceptors (Lipinski definition) is 3. The minimum Gasteiger partial charge on any atom is -0.393 e. The van der Waals surface area contributed by atoms with E-state index in [0.29, 0.717) is 19.6 Å². The van der Waals surface area contributed by atoms with Gasteiger partial charge in [0.1, 0.15) is 0 Å². The molecule has 0 radical (unpaired) electrons. The van der Waals surface area contributed by atoms with Crippen LogP contribution in [-0.4, -0.2) is 31.0 Å². The van der Waals surface area contributed by atoms with Crippen LogP contribution in [0.15, 0.2) is 30.3 Å². The topological polar surface area (TPSA) is 41.5 Å². The van der Waals surface area contributed by atoms with Crippen molar-refractivity contribution in [1.29, 1.82) is 0 Å². The third-order valence-electron chi connectivity index (χ3n) is 2.95. The van der Waals surface area contributed by atoms with E-state index in [9.17, 15) is 0 Å². The van der Waals surface area contributed by atoms with Crippen molar-refractivity contribution in [2.24, 2.45) is 5.41 Å². The van der Waals surface area contributed by atoms with Crippen molar-refractivity contribution in [3.05, 3.63) is 35.9 Å². The number of benzene rings is 1. The van der Waals surface area contributed by atoms with Crippen molar-refractivity contribution in [2.45, 2.75) is 39.8 Å². The summed E-state index contributed by atoms with van der Waals surface area (Å²) in [6.45, 7) is 9.30. The Bertz CT molecular complexity index is 336. The Morgan fingerprint density at radius 2 is 1.95 bits per heavy atom. The molecule has 19 heavy (non-hydrogen) atoms. The molecule has 0 heterocycles. The first kappa shape index (κ1) is 16.2. The fourth-order valence-electron chi connectivity index (χ4n) is 1.79. The van der Waals surface area contributed by atoms with Gasteiger partial charge in [-0.2, -0.15) is 0 Å². The van der Waals surface area contributed by atoms with E-state index >= 15 is 0 Å². The van der Waals surface area contributed by atoms with Crippen molar-refractivity contribution in [2.75, 3.05) is 19.8 Å². The zero-order chi connectivity index (χ0) is 14.1. The molecule has 1 rings (SSSR count). The molecule has 2 N–H and O–H groups in total. The minimum atomic E-state index is -0.278. The Hall–Kier alpha value is -0.900. The quantitative estimate of drug-likeness (QED) is 0.674. The average molecular weight is 265 g/mol. The summed E-state index contributed by atoms with van der Waals surface area (Å²) >= 11 is 0. The van der Waals surface area contributed by atoms with E-state index in [-0.39, 0.29) is 11.5 Å². The van der Waals surface area contributed by atoms with Crippen LogP contribution < -0.4 is 5.32 Å². The Morgan fingerprint density at radius 3 is 2.58 bits per heavy atom. The molecule has 108 valence electrons. The molecule has 1 atom stereocenters. The van der Waals surface area contributed by atoms with Crippen LogP contribution in [0.25, 0.3) is 0 Å². The van der Waals surface area contributed by atoms with Gasteiger partial charge < -0.3 is 15.2 Å². The second kappa shape index (κ2) is 8.31. The first-order valence-electron chi connectivity index (χ1n) is 7.00. The monoisotopic (exact) mass is 265 g/mol. The van der Waals surface area contributed by atoms with Crippen molar-refractivity contribution in [3.8, 4) is 0 Å². The lowest BCUT2D eigenvalue weighted by Gasteiger charge is -2.25. The van der Waals surface area contributed by atoms with E-state index in [4.69, 9.17) is 9.84 Å². The van der Waals surface area contributed by atoms with Crippen LogP contribution in [0.5, 0.6) is 0 Å². The normalized spacial score (nSPS) is 13.5. The van der Waals surface area contributed by atoms with Gasteiger partial charge in [0.2, 0.25) is 0 Å². The first-order valence-corrected chi connectivity index (χ1v) is 7.00. The number of ether oxygens (including phenoxy) is 1. The zero-order valence-corrected chi connectivity index (χ0v) is 12.4. The molecule has 3 nitrogen and oxygen atoms in total. The van der Waals surface area contributed by atoms with Gasteiger partial charge in [-0.1, -0.05) is 44.2 Å². The SMILES string of the molecule is CC(O)CCOCC(C)(C)CNCc1ccccc1. The predicted molar refractivity (Wildman–Crippen MR) is 79.0 cm³/mol. The van der Waals surface area contributed by atoms with Gasteiger partial charge in [0.25, 0.3) is 0 Å². The molecule has 0 aliphatic carbocycles. The van der Waals surface area contributed by atoms with Crippen molar-refractivity contribution < 1.29 is 9.84 Å². The Kier molecular flexibility index (Phi) is 7.06. The van der Waals surface area contributed by atoms with Crippen molar-refractivity contribution >= 4 is 0 Å². The standard InChI is InChI=1S/C16H27NO2/c1-14(18)9-10-19-13-16(2,3)12-17-11-15-7-5-4-6-8-15/h4-8,14,17-18H,9-13H2,1-3H3. The summed E-state index contributed by atoms with van der Waals surface area (Å²) in [7, 11) is 0. The second-order valence-electron chi connectivity index (χ2n) is 5.94. The summed E-state index contributed by atoms with van der Waals surface area (Å²) in [5.74, 6) is 0. The minimum absolute atomic E-state index is 0.105. The summed E-state index contributed by atoms with van der Waals surface area (Å²) in [4.78, 5) is 0. The molecule has 0 spiro atoms. The Morgan fingerprint density at radius 1 is 1.26 bits per heavy atom. The summed E-state index contributed by atoms with van der Waals surface area (Å²) < 4.78 is 5.61. The van der Waals surface area contributed by atoms with Gasteiger partial charge in [0, 0.05) is 25.1 Å². The number of aliphatic hydroxyl groups excluding tert-OH is 1. The van der Waals surface area contributed by atoms with E-state index in [1.165, 1.54) is 5.56 Å². The van der Waals surface area contributed by atoms with E-state index < -0.39 is 0 Å². The van der Waals surface area contributed by atoms with E-state index in [2.05, 4.69) is 43.4 Å². The lowest BCUT2D eigenvalue weighted by atomic mass is 9.95. The lowest BCUT2D eigenvalue weighted by Crippen LogP contribution is -2.33. The third kappa shape index (κ3) is 7.98. The fourth-order valence-corrected chi connectivity index (χ4v) is 1.79. The summed E-state index contributed by atoms with van der Waals surface area (Å²) in [6, 6.07) is 10.4. The lowest BCUT2D eigenvalue weighted by molar-refractivity contribution is 0.0412. The molecule has 0 amide bonds. The molecular weight excluding hydrogens is 238 g/mol. The molecule has 0 aliphatic rings. The van der Waals surface area contributed by atoms with Gasteiger partial charge in [-0.25, -0.2) is 0 Å². The molecule has 0 aromatic heterocycles. The maximum atomic E-state index is 9.16. The third-order valence-corrected chi connectivity index (χ3v) is 2.95. The summed E-state index contributed by atoms with van der Waals surface area (Å²) in [6.07, 6.45) is 0.423. The number of rotatable bonds is 9. The predicted octanol–water partition coefficient (Wildman–Crippen LogP) is 2.59. The maximum Gasteiger partial charge on any atom is 0.0534 e. The Labute approximate surface area is 117 Å². The molecule has 1 aromatic carbocycles. The highest BCUT2D eigenvalue weighted by molar-refractivity contribution is 5.14. The first-order chi connectivity index (χ1) is 8.99. The van der Waals surface area contributed by atoms with Crippen LogP contribution in [0.2, 0.25) is 0 Å². The molecule has 0 saturated carbocycles. The van der Waals surface area contributed by atoms with Crippen LogP contribution in [-0.2, 0) is 11.3 Å². The van der Waals surface area contributed by atoms with Gasteiger partial charge in [0.05, 0.1) is 12.7 Å². The van der Waals surface area contributed by atoms with E-state index in [1.54, 1.807) is 6.92 Å². The molecule has 0 bridgehead atoms.